The second kappa shape index (κ2) is 39.0. The molecule has 1 N–H and O–H groups in total. The first-order valence-corrected chi connectivity index (χ1v) is 19.8. The van der Waals surface area contributed by atoms with Gasteiger partial charge in [-0.05, 0) is 77.0 Å². The van der Waals surface area contributed by atoms with Crippen molar-refractivity contribution < 1.29 is 24.2 Å². The Morgan fingerprint density at radius 3 is 1.25 bits per heavy atom. The second-order valence-corrected chi connectivity index (χ2v) is 13.0. The molecule has 0 bridgehead atoms. The van der Waals surface area contributed by atoms with Crippen molar-refractivity contribution in [2.75, 3.05) is 13.2 Å². The fraction of sp³-hybridized carbons (Fsp3) is 0.721. The molecular weight excluding hydrogens is 596 g/mol. The Kier molecular flexibility index (Phi) is 37.1. The Bertz CT molecular complexity index is 853. The van der Waals surface area contributed by atoms with E-state index in [0.717, 1.165) is 64.2 Å². The highest BCUT2D eigenvalue weighted by Gasteiger charge is 2.12. The summed E-state index contributed by atoms with van der Waals surface area (Å²) in [6.07, 6.45) is 49.9. The predicted octanol–water partition coefficient (Wildman–Crippen LogP) is 12.4. The van der Waals surface area contributed by atoms with Crippen LogP contribution in [0.4, 0.5) is 0 Å². The lowest BCUT2D eigenvalue weighted by atomic mass is 10.1. The van der Waals surface area contributed by atoms with Crippen molar-refractivity contribution in [3.8, 4) is 0 Å². The van der Waals surface area contributed by atoms with Gasteiger partial charge in [0.1, 0.15) is 19.3 Å². The maximum Gasteiger partial charge on any atom is 0.305 e. The van der Waals surface area contributed by atoms with Crippen molar-refractivity contribution in [3.63, 3.8) is 0 Å². The van der Waals surface area contributed by atoms with Gasteiger partial charge < -0.3 is 14.6 Å². The van der Waals surface area contributed by atoms with Crippen LogP contribution in [0, 0.1) is 0 Å². The average molecular weight is 671 g/mol. The number of ether oxygens (including phenoxy) is 2. The summed E-state index contributed by atoms with van der Waals surface area (Å²) in [5.74, 6) is -0.617. The Hall–Kier alpha value is -2.40. The molecule has 0 aromatic heterocycles. The minimum atomic E-state index is -0.983. The first-order valence-electron chi connectivity index (χ1n) is 19.8. The Morgan fingerprint density at radius 1 is 0.458 bits per heavy atom. The van der Waals surface area contributed by atoms with E-state index in [0.29, 0.717) is 12.8 Å². The summed E-state index contributed by atoms with van der Waals surface area (Å²) in [5, 5.41) is 10.0. The van der Waals surface area contributed by atoms with Crippen molar-refractivity contribution >= 4 is 11.9 Å². The number of aliphatic hydroxyl groups is 1. The molecule has 0 spiro atoms. The van der Waals surface area contributed by atoms with E-state index in [1.807, 2.05) is 0 Å². The number of aliphatic hydroxyl groups excluding tert-OH is 1. The van der Waals surface area contributed by atoms with Crippen molar-refractivity contribution in [1.29, 1.82) is 0 Å². The van der Waals surface area contributed by atoms with Crippen LogP contribution in [0.15, 0.2) is 60.8 Å². The van der Waals surface area contributed by atoms with Crippen LogP contribution in [0.5, 0.6) is 0 Å². The SMILES string of the molecule is CC/C=C\C/C=C\C/C=C\C/C=C\CCCCC(=O)OC[C@H](O)COC(=O)CCCCCCCCCCC/C=C\CCCCCCCC. The minimum Gasteiger partial charge on any atom is -0.463 e. The van der Waals surface area contributed by atoms with Gasteiger partial charge >= 0.3 is 11.9 Å². The first-order chi connectivity index (χ1) is 23.6. The van der Waals surface area contributed by atoms with Gasteiger partial charge in [-0.3, -0.25) is 9.59 Å². The Morgan fingerprint density at radius 2 is 0.792 bits per heavy atom. The Balaban J connectivity index is 3.50. The lowest BCUT2D eigenvalue weighted by molar-refractivity contribution is -0.152. The maximum atomic E-state index is 12.0. The molecule has 0 radical (unpaired) electrons. The normalized spacial score (nSPS) is 12.8. The molecule has 276 valence electrons. The molecule has 0 saturated heterocycles. The van der Waals surface area contributed by atoms with E-state index in [4.69, 9.17) is 9.47 Å². The average Bonchev–Trinajstić information content (AvgIpc) is 3.09. The van der Waals surface area contributed by atoms with Gasteiger partial charge in [0, 0.05) is 12.8 Å². The number of unbranched alkanes of at least 4 members (excludes halogenated alkanes) is 17. The first kappa shape index (κ1) is 45.6. The summed E-state index contributed by atoms with van der Waals surface area (Å²) in [5.41, 5.74) is 0. The predicted molar refractivity (Wildman–Crippen MR) is 205 cm³/mol. The molecular formula is C43H74O5. The molecule has 0 aromatic carbocycles. The summed E-state index contributed by atoms with van der Waals surface area (Å²) < 4.78 is 10.3. The van der Waals surface area contributed by atoms with E-state index in [9.17, 15) is 14.7 Å². The van der Waals surface area contributed by atoms with E-state index in [1.165, 1.54) is 89.9 Å². The number of carbonyl (C=O) groups excluding carboxylic acids is 2. The summed E-state index contributed by atoms with van der Waals surface area (Å²) in [6, 6.07) is 0. The third-order valence-electron chi connectivity index (χ3n) is 8.24. The molecule has 0 aliphatic carbocycles. The molecule has 1 atom stereocenters. The molecule has 5 heteroatoms. The number of carbonyl (C=O) groups is 2. The van der Waals surface area contributed by atoms with Crippen LogP contribution in [0.2, 0.25) is 0 Å². The van der Waals surface area contributed by atoms with Crippen molar-refractivity contribution in [3.05, 3.63) is 60.8 Å². The number of esters is 2. The molecule has 48 heavy (non-hydrogen) atoms. The second-order valence-electron chi connectivity index (χ2n) is 13.0. The smallest absolute Gasteiger partial charge is 0.305 e. The monoisotopic (exact) mass is 671 g/mol. The number of allylic oxidation sites excluding steroid dienone is 10. The number of hydrogen-bond donors (Lipinski definition) is 1. The van der Waals surface area contributed by atoms with Gasteiger partial charge in [-0.1, -0.05) is 152 Å². The molecule has 0 aliphatic rings. The van der Waals surface area contributed by atoms with E-state index >= 15 is 0 Å². The number of hydrogen-bond acceptors (Lipinski definition) is 5. The molecule has 0 fully saturated rings. The lowest BCUT2D eigenvalue weighted by Crippen LogP contribution is -2.25. The van der Waals surface area contributed by atoms with Crippen molar-refractivity contribution in [1.82, 2.24) is 0 Å². The van der Waals surface area contributed by atoms with E-state index < -0.39 is 6.10 Å². The molecule has 0 aliphatic heterocycles. The van der Waals surface area contributed by atoms with Crippen LogP contribution in [-0.2, 0) is 19.1 Å². The maximum absolute atomic E-state index is 12.0. The molecule has 0 saturated carbocycles. The zero-order valence-electron chi connectivity index (χ0n) is 31.2. The molecule has 0 amide bonds. The Labute approximate surface area is 296 Å². The fourth-order valence-electron chi connectivity index (χ4n) is 5.25. The zero-order chi connectivity index (χ0) is 35.0. The quantitative estimate of drug-likeness (QED) is 0.0413. The highest BCUT2D eigenvalue weighted by Crippen LogP contribution is 2.13. The standard InChI is InChI=1S/C43H74O5/c1-3-5-7-9-11-13-15-17-19-20-21-22-24-26-28-30-32-34-36-38-43(46)48-40-41(44)39-47-42(45)37-35-33-31-29-27-25-23-18-16-14-12-10-8-6-4-2/h6,8,12,14,17-19,23,27,29,41,44H,3-5,7,9-11,13,15-16,20-22,24-26,28,30-40H2,1-2H3/b8-6-,14-12-,19-17-,23-18-,29-27-/t41-/m0/s1. The van der Waals surface area contributed by atoms with E-state index in [1.54, 1.807) is 0 Å². The van der Waals surface area contributed by atoms with E-state index in [2.05, 4.69) is 74.6 Å². The summed E-state index contributed by atoms with van der Waals surface area (Å²) in [4.78, 5) is 23.9. The molecule has 0 rings (SSSR count). The summed E-state index contributed by atoms with van der Waals surface area (Å²) in [6.45, 7) is 4.14. The largest absolute Gasteiger partial charge is 0.463 e. The van der Waals surface area contributed by atoms with Gasteiger partial charge in [-0.2, -0.15) is 0 Å². The zero-order valence-corrected chi connectivity index (χ0v) is 31.2. The summed E-state index contributed by atoms with van der Waals surface area (Å²) in [7, 11) is 0. The van der Waals surface area contributed by atoms with Gasteiger partial charge in [0.15, 0.2) is 0 Å². The van der Waals surface area contributed by atoms with Gasteiger partial charge in [-0.15, -0.1) is 0 Å². The minimum absolute atomic E-state index is 0.132. The molecule has 0 aromatic rings. The van der Waals surface area contributed by atoms with E-state index in [-0.39, 0.29) is 25.2 Å². The van der Waals surface area contributed by atoms with Crippen LogP contribution in [0.1, 0.15) is 181 Å². The molecule has 5 nitrogen and oxygen atoms in total. The van der Waals surface area contributed by atoms with Gasteiger partial charge in [0.2, 0.25) is 0 Å². The fourth-order valence-corrected chi connectivity index (χ4v) is 5.25. The highest BCUT2D eigenvalue weighted by molar-refractivity contribution is 5.69. The number of rotatable bonds is 35. The van der Waals surface area contributed by atoms with Crippen LogP contribution >= 0.6 is 0 Å². The molecule has 0 unspecified atom stereocenters. The van der Waals surface area contributed by atoms with Crippen LogP contribution in [-0.4, -0.2) is 36.4 Å². The topological polar surface area (TPSA) is 72.8 Å². The highest BCUT2D eigenvalue weighted by atomic mass is 16.6. The molecule has 0 heterocycles. The van der Waals surface area contributed by atoms with Gasteiger partial charge in [0.25, 0.3) is 0 Å². The van der Waals surface area contributed by atoms with Crippen molar-refractivity contribution in [2.24, 2.45) is 0 Å². The van der Waals surface area contributed by atoms with Gasteiger partial charge in [0.05, 0.1) is 0 Å². The van der Waals surface area contributed by atoms with Gasteiger partial charge in [-0.25, -0.2) is 0 Å². The third-order valence-corrected chi connectivity index (χ3v) is 8.24. The van der Waals surface area contributed by atoms with Crippen LogP contribution in [0.25, 0.3) is 0 Å². The third kappa shape index (κ3) is 38.1. The summed E-state index contributed by atoms with van der Waals surface area (Å²) >= 11 is 0. The van der Waals surface area contributed by atoms with Crippen molar-refractivity contribution in [2.45, 2.75) is 187 Å². The van der Waals surface area contributed by atoms with Crippen LogP contribution < -0.4 is 0 Å². The lowest BCUT2D eigenvalue weighted by Gasteiger charge is -2.12. The van der Waals surface area contributed by atoms with Crippen LogP contribution in [0.3, 0.4) is 0 Å².